The van der Waals surface area contributed by atoms with Crippen LogP contribution in [0.5, 0.6) is 0 Å². The third-order valence-electron chi connectivity index (χ3n) is 2.66. The largest absolute Gasteiger partial charge is 0.373 e. The average molecular weight is 184 g/mol. The second-order valence-corrected chi connectivity index (χ2v) is 5.77. The fourth-order valence-electron chi connectivity index (χ4n) is 2.47. The minimum atomic E-state index is 0.0292. The van der Waals surface area contributed by atoms with Gasteiger partial charge in [0.05, 0.1) is 11.7 Å². The summed E-state index contributed by atoms with van der Waals surface area (Å²) in [5.74, 6) is 1.69. The Kier molecular flexibility index (Phi) is 3.39. The Morgan fingerprint density at radius 2 is 1.38 bits per heavy atom. The SMILES string of the molecule is CC1CC(C)CC(OC(C)(C)C)C1. The van der Waals surface area contributed by atoms with E-state index >= 15 is 0 Å². The zero-order valence-electron chi connectivity index (χ0n) is 9.76. The van der Waals surface area contributed by atoms with Crippen LogP contribution >= 0.6 is 0 Å². The van der Waals surface area contributed by atoms with Crippen molar-refractivity contribution in [3.05, 3.63) is 0 Å². The summed E-state index contributed by atoms with van der Waals surface area (Å²) >= 11 is 0. The van der Waals surface area contributed by atoms with Crippen LogP contribution in [-0.4, -0.2) is 11.7 Å². The maximum atomic E-state index is 6.02. The Hall–Kier alpha value is -0.0400. The Labute approximate surface area is 82.9 Å². The molecular weight excluding hydrogens is 160 g/mol. The molecule has 1 saturated carbocycles. The van der Waals surface area contributed by atoms with Crippen molar-refractivity contribution in [1.29, 1.82) is 0 Å². The summed E-state index contributed by atoms with van der Waals surface area (Å²) in [5.41, 5.74) is 0.0292. The molecule has 1 aliphatic rings. The van der Waals surface area contributed by atoms with Crippen LogP contribution in [-0.2, 0) is 4.74 Å². The lowest BCUT2D eigenvalue weighted by molar-refractivity contribution is -0.0879. The van der Waals surface area contributed by atoms with Crippen molar-refractivity contribution >= 4 is 0 Å². The molecule has 2 atom stereocenters. The minimum Gasteiger partial charge on any atom is -0.373 e. The van der Waals surface area contributed by atoms with Crippen molar-refractivity contribution in [2.75, 3.05) is 0 Å². The van der Waals surface area contributed by atoms with Gasteiger partial charge in [-0.15, -0.1) is 0 Å². The first-order chi connectivity index (χ1) is 5.87. The quantitative estimate of drug-likeness (QED) is 0.604. The molecule has 1 rings (SSSR count). The molecule has 0 amide bonds. The van der Waals surface area contributed by atoms with Crippen LogP contribution in [0, 0.1) is 11.8 Å². The van der Waals surface area contributed by atoms with Crippen molar-refractivity contribution in [2.24, 2.45) is 11.8 Å². The lowest BCUT2D eigenvalue weighted by Gasteiger charge is -2.35. The molecular formula is C12H24O. The summed E-state index contributed by atoms with van der Waals surface area (Å²) in [6.45, 7) is 11.1. The molecule has 0 saturated heterocycles. The van der Waals surface area contributed by atoms with Gasteiger partial charge in [-0.3, -0.25) is 0 Å². The summed E-state index contributed by atoms with van der Waals surface area (Å²) in [5, 5.41) is 0. The maximum absolute atomic E-state index is 6.02. The second kappa shape index (κ2) is 4.00. The Bertz CT molecular complexity index is 147. The monoisotopic (exact) mass is 184 g/mol. The molecule has 0 N–H and O–H groups in total. The lowest BCUT2D eigenvalue weighted by Crippen LogP contribution is -2.33. The summed E-state index contributed by atoms with van der Waals surface area (Å²) in [6, 6.07) is 0. The van der Waals surface area contributed by atoms with E-state index in [1.807, 2.05) is 0 Å². The molecule has 0 spiro atoms. The van der Waals surface area contributed by atoms with Crippen molar-refractivity contribution in [3.8, 4) is 0 Å². The van der Waals surface area contributed by atoms with Crippen LogP contribution in [0.2, 0.25) is 0 Å². The molecule has 2 unspecified atom stereocenters. The van der Waals surface area contributed by atoms with Gasteiger partial charge in [-0.05, 0) is 51.9 Å². The first kappa shape index (κ1) is 11.0. The summed E-state index contributed by atoms with van der Waals surface area (Å²) in [6.07, 6.45) is 4.38. The summed E-state index contributed by atoms with van der Waals surface area (Å²) in [4.78, 5) is 0. The van der Waals surface area contributed by atoms with Crippen molar-refractivity contribution < 1.29 is 4.74 Å². The van der Waals surface area contributed by atoms with Gasteiger partial charge in [0.15, 0.2) is 0 Å². The van der Waals surface area contributed by atoms with Crippen LogP contribution in [0.15, 0.2) is 0 Å². The van der Waals surface area contributed by atoms with Crippen LogP contribution in [0.1, 0.15) is 53.9 Å². The van der Waals surface area contributed by atoms with E-state index in [-0.39, 0.29) is 5.60 Å². The van der Waals surface area contributed by atoms with Crippen LogP contribution in [0.3, 0.4) is 0 Å². The van der Waals surface area contributed by atoms with E-state index < -0.39 is 0 Å². The Morgan fingerprint density at radius 1 is 0.923 bits per heavy atom. The smallest absolute Gasteiger partial charge is 0.0602 e. The van der Waals surface area contributed by atoms with Crippen LogP contribution in [0.25, 0.3) is 0 Å². The molecule has 1 fully saturated rings. The molecule has 0 heterocycles. The van der Waals surface area contributed by atoms with E-state index in [2.05, 4.69) is 34.6 Å². The van der Waals surface area contributed by atoms with Gasteiger partial charge < -0.3 is 4.74 Å². The normalized spacial score (nSPS) is 36.2. The molecule has 0 aromatic carbocycles. The summed E-state index contributed by atoms with van der Waals surface area (Å²) < 4.78 is 6.02. The predicted octanol–water partition coefficient (Wildman–Crippen LogP) is 3.63. The topological polar surface area (TPSA) is 9.23 Å². The van der Waals surface area contributed by atoms with Gasteiger partial charge >= 0.3 is 0 Å². The van der Waals surface area contributed by atoms with Gasteiger partial charge in [-0.25, -0.2) is 0 Å². The van der Waals surface area contributed by atoms with Crippen LogP contribution < -0.4 is 0 Å². The standard InChI is InChI=1S/C12H24O/c1-9-6-10(2)8-11(7-9)13-12(3,4)5/h9-11H,6-8H2,1-5H3. The van der Waals surface area contributed by atoms with E-state index in [1.54, 1.807) is 0 Å². The molecule has 78 valence electrons. The zero-order chi connectivity index (χ0) is 10.1. The highest BCUT2D eigenvalue weighted by Gasteiger charge is 2.27. The minimum absolute atomic E-state index is 0.0292. The number of hydrogen-bond donors (Lipinski definition) is 0. The predicted molar refractivity (Wildman–Crippen MR) is 56.8 cm³/mol. The van der Waals surface area contributed by atoms with Gasteiger partial charge in [0, 0.05) is 0 Å². The Morgan fingerprint density at radius 3 is 1.77 bits per heavy atom. The van der Waals surface area contributed by atoms with Gasteiger partial charge in [0.2, 0.25) is 0 Å². The fraction of sp³-hybridized carbons (Fsp3) is 1.00. The van der Waals surface area contributed by atoms with Crippen molar-refractivity contribution in [1.82, 2.24) is 0 Å². The number of rotatable bonds is 1. The molecule has 0 aromatic heterocycles. The first-order valence-electron chi connectivity index (χ1n) is 5.54. The molecule has 0 bridgehead atoms. The van der Waals surface area contributed by atoms with Gasteiger partial charge in [-0.2, -0.15) is 0 Å². The molecule has 1 heteroatoms. The highest BCUT2D eigenvalue weighted by atomic mass is 16.5. The van der Waals surface area contributed by atoms with Gasteiger partial charge in [0.25, 0.3) is 0 Å². The Balaban J connectivity index is 2.42. The maximum Gasteiger partial charge on any atom is 0.0602 e. The van der Waals surface area contributed by atoms with E-state index in [4.69, 9.17) is 4.74 Å². The second-order valence-electron chi connectivity index (χ2n) is 5.77. The lowest BCUT2D eigenvalue weighted by atomic mass is 9.81. The molecule has 0 aliphatic heterocycles. The molecule has 1 nitrogen and oxygen atoms in total. The first-order valence-corrected chi connectivity index (χ1v) is 5.54. The molecule has 0 radical (unpaired) electrons. The highest BCUT2D eigenvalue weighted by Crippen LogP contribution is 2.32. The van der Waals surface area contributed by atoms with Gasteiger partial charge in [0.1, 0.15) is 0 Å². The van der Waals surface area contributed by atoms with E-state index in [9.17, 15) is 0 Å². The number of hydrogen-bond acceptors (Lipinski definition) is 1. The average Bonchev–Trinajstić information content (AvgIpc) is 1.78. The highest BCUT2D eigenvalue weighted by molar-refractivity contribution is 4.77. The zero-order valence-corrected chi connectivity index (χ0v) is 9.76. The fourth-order valence-corrected chi connectivity index (χ4v) is 2.47. The van der Waals surface area contributed by atoms with E-state index in [0.717, 1.165) is 11.8 Å². The van der Waals surface area contributed by atoms with Gasteiger partial charge in [-0.1, -0.05) is 13.8 Å². The van der Waals surface area contributed by atoms with E-state index in [0.29, 0.717) is 6.10 Å². The van der Waals surface area contributed by atoms with Crippen molar-refractivity contribution in [2.45, 2.75) is 65.6 Å². The van der Waals surface area contributed by atoms with Crippen LogP contribution in [0.4, 0.5) is 0 Å². The summed E-state index contributed by atoms with van der Waals surface area (Å²) in [7, 11) is 0. The molecule has 1 aliphatic carbocycles. The van der Waals surface area contributed by atoms with Crippen molar-refractivity contribution in [3.63, 3.8) is 0 Å². The molecule has 13 heavy (non-hydrogen) atoms. The molecule has 0 aromatic rings. The number of ether oxygens (including phenoxy) is 1. The third kappa shape index (κ3) is 4.12. The van der Waals surface area contributed by atoms with E-state index in [1.165, 1.54) is 19.3 Å². The third-order valence-corrected chi connectivity index (χ3v) is 2.66.